The minimum absolute atomic E-state index is 0.0167. The van der Waals surface area contributed by atoms with Crippen LogP contribution in [0.2, 0.25) is 0 Å². The number of piperidine rings is 2. The van der Waals surface area contributed by atoms with Crippen LogP contribution in [0.5, 0.6) is 0 Å². The van der Waals surface area contributed by atoms with Crippen LogP contribution in [-0.2, 0) is 4.79 Å². The van der Waals surface area contributed by atoms with Gasteiger partial charge in [0.15, 0.2) is 0 Å². The molecule has 0 aliphatic carbocycles. The van der Waals surface area contributed by atoms with E-state index in [9.17, 15) is 9.90 Å². The summed E-state index contributed by atoms with van der Waals surface area (Å²) in [6.45, 7) is 5.54. The molecular weight excluding hydrogens is 302 g/mol. The lowest BCUT2D eigenvalue weighted by Crippen LogP contribution is -2.52. The van der Waals surface area contributed by atoms with E-state index >= 15 is 0 Å². The molecule has 0 spiro atoms. The molecule has 0 bridgehead atoms. The van der Waals surface area contributed by atoms with E-state index in [0.717, 1.165) is 32.5 Å². The summed E-state index contributed by atoms with van der Waals surface area (Å²) in [5.74, 6) is -0.276. The fourth-order valence-corrected chi connectivity index (χ4v) is 3.78. The number of benzene rings is 1. The predicted octanol–water partition coefficient (Wildman–Crippen LogP) is 1.39. The van der Waals surface area contributed by atoms with Crippen LogP contribution in [-0.4, -0.2) is 61.3 Å². The molecule has 0 unspecified atom stereocenters. The number of anilines is 1. The van der Waals surface area contributed by atoms with Crippen molar-refractivity contribution in [2.45, 2.75) is 38.3 Å². The van der Waals surface area contributed by atoms with E-state index in [2.05, 4.69) is 46.3 Å². The number of likely N-dealkylation sites (tertiary alicyclic amines) is 1. The number of carbonyl (C=O) groups is 1. The highest BCUT2D eigenvalue weighted by molar-refractivity contribution is 5.80. The van der Waals surface area contributed by atoms with Crippen molar-refractivity contribution >= 4 is 11.6 Å². The maximum absolute atomic E-state index is 12.5. The van der Waals surface area contributed by atoms with Crippen molar-refractivity contribution in [3.05, 3.63) is 29.8 Å². The van der Waals surface area contributed by atoms with Gasteiger partial charge in [0.05, 0.1) is 12.0 Å². The Morgan fingerprint density at radius 3 is 2.67 bits per heavy atom. The molecule has 24 heavy (non-hydrogen) atoms. The van der Waals surface area contributed by atoms with E-state index in [1.165, 1.54) is 11.3 Å². The Bertz CT molecular complexity index is 569. The third kappa shape index (κ3) is 4.08. The highest BCUT2D eigenvalue weighted by Crippen LogP contribution is 2.22. The molecule has 3 rings (SSSR count). The number of rotatable bonds is 3. The molecule has 0 saturated carbocycles. The van der Waals surface area contributed by atoms with Crippen LogP contribution in [0.3, 0.4) is 0 Å². The quantitative estimate of drug-likeness (QED) is 0.879. The van der Waals surface area contributed by atoms with Crippen molar-refractivity contribution in [1.82, 2.24) is 10.2 Å². The Balaban J connectivity index is 1.51. The molecule has 2 atom stereocenters. The molecule has 2 fully saturated rings. The predicted molar refractivity (Wildman–Crippen MR) is 96.2 cm³/mol. The van der Waals surface area contributed by atoms with Crippen LogP contribution in [0.25, 0.3) is 0 Å². The Kier molecular flexibility index (Phi) is 5.41. The Morgan fingerprint density at radius 1 is 1.21 bits per heavy atom. The van der Waals surface area contributed by atoms with Crippen LogP contribution in [0.1, 0.15) is 24.8 Å². The third-order valence-electron chi connectivity index (χ3n) is 5.32. The van der Waals surface area contributed by atoms with Gasteiger partial charge in [0.25, 0.3) is 0 Å². The van der Waals surface area contributed by atoms with Gasteiger partial charge in [0, 0.05) is 37.9 Å². The Morgan fingerprint density at radius 2 is 1.96 bits per heavy atom. The van der Waals surface area contributed by atoms with Crippen LogP contribution < -0.4 is 10.2 Å². The topological polar surface area (TPSA) is 55.8 Å². The van der Waals surface area contributed by atoms with Crippen LogP contribution in [0.15, 0.2) is 24.3 Å². The second kappa shape index (κ2) is 7.53. The summed E-state index contributed by atoms with van der Waals surface area (Å²) < 4.78 is 0. The molecule has 5 heteroatoms. The number of nitrogens with one attached hydrogen (secondary N) is 1. The molecule has 5 nitrogen and oxygen atoms in total. The largest absolute Gasteiger partial charge is 0.392 e. The molecule has 2 N–H and O–H groups in total. The van der Waals surface area contributed by atoms with Crippen molar-refractivity contribution in [2.75, 3.05) is 38.1 Å². The van der Waals surface area contributed by atoms with Crippen molar-refractivity contribution in [3.8, 4) is 0 Å². The van der Waals surface area contributed by atoms with E-state index in [-0.39, 0.29) is 17.9 Å². The minimum atomic E-state index is -0.506. The summed E-state index contributed by atoms with van der Waals surface area (Å²) in [6, 6.07) is 8.80. The molecule has 1 aromatic carbocycles. The second-order valence-electron chi connectivity index (χ2n) is 7.33. The van der Waals surface area contributed by atoms with Gasteiger partial charge in [-0.2, -0.15) is 0 Å². The first-order chi connectivity index (χ1) is 11.5. The van der Waals surface area contributed by atoms with Gasteiger partial charge < -0.3 is 20.2 Å². The molecule has 2 heterocycles. The zero-order valence-corrected chi connectivity index (χ0v) is 14.7. The molecular formula is C19H29N3O2. The lowest BCUT2D eigenvalue weighted by molar-refractivity contribution is -0.132. The fourth-order valence-electron chi connectivity index (χ4n) is 3.78. The highest BCUT2D eigenvalue weighted by Gasteiger charge is 2.33. The van der Waals surface area contributed by atoms with Gasteiger partial charge in [-0.25, -0.2) is 0 Å². The summed E-state index contributed by atoms with van der Waals surface area (Å²) in [5, 5.41) is 13.3. The van der Waals surface area contributed by atoms with Gasteiger partial charge in [-0.1, -0.05) is 12.1 Å². The van der Waals surface area contributed by atoms with E-state index < -0.39 is 6.10 Å². The first-order valence-electron chi connectivity index (χ1n) is 9.01. The summed E-state index contributed by atoms with van der Waals surface area (Å²) >= 11 is 0. The smallest absolute Gasteiger partial charge is 0.227 e. The standard InChI is InChI=1S/C19H29N3O2/c1-14-4-3-5-16(12-14)22-10-6-15(7-11-22)20-19(24)17-13-21(2)9-8-18(17)23/h3-5,12,15,17-18,23H,6-11,13H2,1-2H3,(H,20,24)/t17-,18-/m1/s1. The zero-order valence-electron chi connectivity index (χ0n) is 14.7. The number of carbonyl (C=O) groups excluding carboxylic acids is 1. The molecule has 132 valence electrons. The lowest BCUT2D eigenvalue weighted by atomic mass is 9.93. The summed E-state index contributed by atoms with van der Waals surface area (Å²) in [5.41, 5.74) is 2.54. The molecule has 0 radical (unpaired) electrons. The number of hydrogen-bond donors (Lipinski definition) is 2. The van der Waals surface area contributed by atoms with Crippen LogP contribution in [0.4, 0.5) is 5.69 Å². The average molecular weight is 331 g/mol. The number of aliphatic hydroxyl groups excluding tert-OH is 1. The van der Waals surface area contributed by atoms with E-state index in [4.69, 9.17) is 0 Å². The lowest BCUT2D eigenvalue weighted by Gasteiger charge is -2.37. The van der Waals surface area contributed by atoms with Crippen molar-refractivity contribution in [3.63, 3.8) is 0 Å². The summed E-state index contributed by atoms with van der Waals surface area (Å²) in [6.07, 6.45) is 2.09. The molecule has 2 saturated heterocycles. The maximum Gasteiger partial charge on any atom is 0.227 e. The van der Waals surface area contributed by atoms with E-state index in [1.54, 1.807) is 0 Å². The number of hydrogen-bond acceptors (Lipinski definition) is 4. The molecule has 0 aromatic heterocycles. The minimum Gasteiger partial charge on any atom is -0.392 e. The van der Waals surface area contributed by atoms with Gasteiger partial charge in [0.2, 0.25) is 5.91 Å². The Hall–Kier alpha value is -1.59. The number of aryl methyl sites for hydroxylation is 1. The van der Waals surface area contributed by atoms with Crippen molar-refractivity contribution in [2.24, 2.45) is 5.92 Å². The molecule has 2 aliphatic heterocycles. The van der Waals surface area contributed by atoms with Crippen LogP contribution in [0, 0.1) is 12.8 Å². The van der Waals surface area contributed by atoms with Crippen LogP contribution >= 0.6 is 0 Å². The molecule has 2 aliphatic rings. The summed E-state index contributed by atoms with van der Waals surface area (Å²) in [4.78, 5) is 17.0. The molecule has 1 amide bonds. The fraction of sp³-hybridized carbons (Fsp3) is 0.632. The highest BCUT2D eigenvalue weighted by atomic mass is 16.3. The molecule has 1 aromatic rings. The maximum atomic E-state index is 12.5. The number of amides is 1. The van der Waals surface area contributed by atoms with Gasteiger partial charge in [0.1, 0.15) is 0 Å². The summed E-state index contributed by atoms with van der Waals surface area (Å²) in [7, 11) is 2.01. The number of aliphatic hydroxyl groups is 1. The van der Waals surface area contributed by atoms with Crippen molar-refractivity contribution < 1.29 is 9.90 Å². The first-order valence-corrected chi connectivity index (χ1v) is 9.01. The van der Waals surface area contributed by atoms with Crippen molar-refractivity contribution in [1.29, 1.82) is 0 Å². The monoisotopic (exact) mass is 331 g/mol. The van der Waals surface area contributed by atoms with Gasteiger partial charge in [-0.05, 0) is 50.9 Å². The normalized spacial score (nSPS) is 26.4. The number of nitrogens with zero attached hydrogens (tertiary/aromatic N) is 2. The average Bonchev–Trinajstić information content (AvgIpc) is 2.57. The second-order valence-corrected chi connectivity index (χ2v) is 7.33. The zero-order chi connectivity index (χ0) is 17.1. The van der Waals surface area contributed by atoms with Gasteiger partial charge in [-0.3, -0.25) is 4.79 Å². The Labute approximate surface area is 144 Å². The third-order valence-corrected chi connectivity index (χ3v) is 5.32. The van der Waals surface area contributed by atoms with E-state index in [0.29, 0.717) is 13.0 Å². The first kappa shape index (κ1) is 17.2. The SMILES string of the molecule is Cc1cccc(N2CCC(NC(=O)[C@@H]3CN(C)CC[C@H]3O)CC2)c1. The van der Waals surface area contributed by atoms with E-state index in [1.807, 2.05) is 7.05 Å². The van der Waals surface area contributed by atoms with Gasteiger partial charge in [-0.15, -0.1) is 0 Å². The van der Waals surface area contributed by atoms with Gasteiger partial charge >= 0.3 is 0 Å².